The summed E-state index contributed by atoms with van der Waals surface area (Å²) in [7, 11) is -2.04. The Bertz CT molecular complexity index is 599. The number of benzene rings is 1. The van der Waals surface area contributed by atoms with Crippen molar-refractivity contribution in [2.45, 2.75) is 19.4 Å². The van der Waals surface area contributed by atoms with E-state index in [0.29, 0.717) is 24.3 Å². The first kappa shape index (κ1) is 16.9. The summed E-state index contributed by atoms with van der Waals surface area (Å²) in [4.78, 5) is 0. The van der Waals surface area contributed by atoms with Gasteiger partial charge in [-0.25, -0.2) is 17.1 Å². The number of nitriles is 1. The van der Waals surface area contributed by atoms with Crippen molar-refractivity contribution in [1.82, 2.24) is 4.31 Å². The molecule has 0 bridgehead atoms. The molecule has 0 atom stereocenters. The van der Waals surface area contributed by atoms with E-state index in [1.54, 1.807) is 0 Å². The smallest absolute Gasteiger partial charge is 0.212 e. The van der Waals surface area contributed by atoms with Crippen molar-refractivity contribution in [3.8, 4) is 6.07 Å². The first-order chi connectivity index (χ1) is 9.40. The van der Waals surface area contributed by atoms with Crippen LogP contribution in [0.5, 0.6) is 0 Å². The average Bonchev–Trinajstić information content (AvgIpc) is 2.41. The lowest BCUT2D eigenvalue weighted by atomic mass is 10.1. The molecule has 0 aliphatic carbocycles. The largest absolute Gasteiger partial charge is 0.214 e. The van der Waals surface area contributed by atoms with Gasteiger partial charge in [-0.05, 0) is 31.0 Å². The molecule has 0 radical (unpaired) electrons. The van der Waals surface area contributed by atoms with Crippen molar-refractivity contribution in [2.75, 3.05) is 18.7 Å². The van der Waals surface area contributed by atoms with E-state index in [1.165, 1.54) is 25.2 Å². The fraction of sp³-hybridized carbons (Fsp3) is 0.462. The molecule has 1 aromatic carbocycles. The molecule has 0 unspecified atom stereocenters. The number of nitrogens with zero attached hydrogens (tertiary/aromatic N) is 2. The zero-order chi connectivity index (χ0) is 15.2. The summed E-state index contributed by atoms with van der Waals surface area (Å²) in [5, 5.41) is 8.77. The van der Waals surface area contributed by atoms with Crippen LogP contribution in [0.2, 0.25) is 0 Å². The molecule has 0 aliphatic heterocycles. The van der Waals surface area contributed by atoms with Gasteiger partial charge in [-0.2, -0.15) is 5.26 Å². The van der Waals surface area contributed by atoms with Crippen LogP contribution in [-0.4, -0.2) is 31.4 Å². The van der Waals surface area contributed by atoms with Gasteiger partial charge >= 0.3 is 0 Å². The molecule has 0 heterocycles. The quantitative estimate of drug-likeness (QED) is 0.573. The Labute approximate surface area is 123 Å². The molecule has 0 N–H and O–H groups in total. The molecule has 0 aromatic heterocycles. The topological polar surface area (TPSA) is 61.2 Å². The Hall–Kier alpha value is -1.16. The molecule has 110 valence electrons. The number of unbranched alkanes of at least 4 members (excludes halogenated alkanes) is 1. The SMILES string of the molecule is CN(Cc1cc(C#N)ccc1F)S(=O)(=O)CCCCCl. The molecule has 0 aliphatic rings. The maximum absolute atomic E-state index is 13.6. The highest BCUT2D eigenvalue weighted by Crippen LogP contribution is 2.14. The van der Waals surface area contributed by atoms with Gasteiger partial charge in [-0.3, -0.25) is 0 Å². The van der Waals surface area contributed by atoms with Crippen LogP contribution in [0.4, 0.5) is 4.39 Å². The average molecular weight is 319 g/mol. The monoisotopic (exact) mass is 318 g/mol. The second-order valence-corrected chi connectivity index (χ2v) is 6.96. The van der Waals surface area contributed by atoms with Crippen LogP contribution in [0, 0.1) is 17.1 Å². The van der Waals surface area contributed by atoms with Crippen molar-refractivity contribution in [3.63, 3.8) is 0 Å². The third-order valence-electron chi connectivity index (χ3n) is 2.83. The van der Waals surface area contributed by atoms with Crippen LogP contribution in [0.3, 0.4) is 0 Å². The molecule has 0 fully saturated rings. The van der Waals surface area contributed by atoms with Gasteiger partial charge in [0.1, 0.15) is 5.82 Å². The molecular weight excluding hydrogens is 303 g/mol. The molecule has 0 spiro atoms. The lowest BCUT2D eigenvalue weighted by Gasteiger charge is -2.17. The summed E-state index contributed by atoms with van der Waals surface area (Å²) in [6.07, 6.45) is 1.09. The predicted octanol–water partition coefficient (Wildman–Crippen LogP) is 2.48. The van der Waals surface area contributed by atoms with Gasteiger partial charge in [-0.15, -0.1) is 11.6 Å². The third kappa shape index (κ3) is 4.75. The van der Waals surface area contributed by atoms with Crippen LogP contribution < -0.4 is 0 Å². The Morgan fingerprint density at radius 1 is 1.40 bits per heavy atom. The normalized spacial score (nSPS) is 11.6. The zero-order valence-electron chi connectivity index (χ0n) is 11.1. The highest BCUT2D eigenvalue weighted by atomic mass is 35.5. The molecule has 4 nitrogen and oxygen atoms in total. The van der Waals surface area contributed by atoms with E-state index in [1.807, 2.05) is 6.07 Å². The molecule has 0 saturated heterocycles. The second-order valence-electron chi connectivity index (χ2n) is 4.39. The van der Waals surface area contributed by atoms with Crippen molar-refractivity contribution in [3.05, 3.63) is 35.1 Å². The minimum atomic E-state index is -3.44. The summed E-state index contributed by atoms with van der Waals surface area (Å²) in [5.74, 6) is -0.125. The molecule has 20 heavy (non-hydrogen) atoms. The van der Waals surface area contributed by atoms with E-state index in [2.05, 4.69) is 0 Å². The summed E-state index contributed by atoms with van der Waals surface area (Å²) in [6.45, 7) is -0.0927. The van der Waals surface area contributed by atoms with Gasteiger partial charge in [0, 0.05) is 25.0 Å². The standard InChI is InChI=1S/C13H16ClFN2O2S/c1-17(20(18,19)7-3-2-6-14)10-12-8-11(9-16)4-5-13(12)15/h4-5,8H,2-3,6-7,10H2,1H3. The maximum atomic E-state index is 13.6. The van der Waals surface area contributed by atoms with E-state index in [4.69, 9.17) is 16.9 Å². The summed E-state index contributed by atoms with van der Waals surface area (Å²) >= 11 is 5.51. The maximum Gasteiger partial charge on any atom is 0.214 e. The third-order valence-corrected chi connectivity index (χ3v) is 4.98. The summed E-state index contributed by atoms with van der Waals surface area (Å²) < 4.78 is 38.7. The number of sulfonamides is 1. The molecule has 7 heteroatoms. The highest BCUT2D eigenvalue weighted by molar-refractivity contribution is 7.89. The summed E-state index contributed by atoms with van der Waals surface area (Å²) in [6, 6.07) is 5.78. The minimum absolute atomic E-state index is 0.0181. The molecule has 0 amide bonds. The zero-order valence-corrected chi connectivity index (χ0v) is 12.7. The number of hydrogen-bond donors (Lipinski definition) is 0. The lowest BCUT2D eigenvalue weighted by molar-refractivity contribution is 0.455. The molecule has 0 saturated carbocycles. The fourth-order valence-corrected chi connectivity index (χ4v) is 3.04. The number of halogens is 2. The van der Waals surface area contributed by atoms with Crippen molar-refractivity contribution in [1.29, 1.82) is 5.26 Å². The molecule has 1 rings (SSSR count). The van der Waals surface area contributed by atoms with Crippen molar-refractivity contribution < 1.29 is 12.8 Å². The van der Waals surface area contributed by atoms with Gasteiger partial charge in [0.25, 0.3) is 0 Å². The van der Waals surface area contributed by atoms with Crippen LogP contribution in [0.25, 0.3) is 0 Å². The Kier molecular flexibility index (Phi) is 6.40. The Morgan fingerprint density at radius 2 is 2.10 bits per heavy atom. The Balaban J connectivity index is 2.80. The van der Waals surface area contributed by atoms with Gasteiger partial charge < -0.3 is 0 Å². The van der Waals surface area contributed by atoms with Crippen LogP contribution in [0.1, 0.15) is 24.0 Å². The number of rotatable bonds is 7. The van der Waals surface area contributed by atoms with Gasteiger partial charge in [0.05, 0.1) is 17.4 Å². The van der Waals surface area contributed by atoms with E-state index < -0.39 is 15.8 Å². The lowest BCUT2D eigenvalue weighted by Crippen LogP contribution is -2.29. The Morgan fingerprint density at radius 3 is 2.70 bits per heavy atom. The van der Waals surface area contributed by atoms with Gasteiger partial charge in [0.2, 0.25) is 10.0 Å². The van der Waals surface area contributed by atoms with Crippen molar-refractivity contribution >= 4 is 21.6 Å². The van der Waals surface area contributed by atoms with E-state index in [-0.39, 0.29) is 17.9 Å². The highest BCUT2D eigenvalue weighted by Gasteiger charge is 2.19. The minimum Gasteiger partial charge on any atom is -0.212 e. The first-order valence-corrected chi connectivity index (χ1v) is 8.23. The number of hydrogen-bond acceptors (Lipinski definition) is 3. The molecular formula is C13H16ClFN2O2S. The van der Waals surface area contributed by atoms with E-state index in [9.17, 15) is 12.8 Å². The second kappa shape index (κ2) is 7.58. The van der Waals surface area contributed by atoms with Crippen LogP contribution in [0.15, 0.2) is 18.2 Å². The predicted molar refractivity (Wildman–Crippen MR) is 76.3 cm³/mol. The van der Waals surface area contributed by atoms with Crippen LogP contribution >= 0.6 is 11.6 Å². The van der Waals surface area contributed by atoms with E-state index >= 15 is 0 Å². The molecule has 1 aromatic rings. The first-order valence-electron chi connectivity index (χ1n) is 6.09. The van der Waals surface area contributed by atoms with Crippen molar-refractivity contribution in [2.24, 2.45) is 0 Å². The van der Waals surface area contributed by atoms with Gasteiger partial charge in [-0.1, -0.05) is 0 Å². The van der Waals surface area contributed by atoms with E-state index in [0.717, 1.165) is 4.31 Å². The summed E-state index contributed by atoms with van der Waals surface area (Å²) in [5.41, 5.74) is 0.488. The van der Waals surface area contributed by atoms with Crippen LogP contribution in [-0.2, 0) is 16.6 Å². The van der Waals surface area contributed by atoms with Gasteiger partial charge in [0.15, 0.2) is 0 Å². The fourth-order valence-electron chi connectivity index (χ4n) is 1.64. The number of alkyl halides is 1.